The maximum absolute atomic E-state index is 12.1. The number of aromatic nitrogens is 1. The van der Waals surface area contributed by atoms with Gasteiger partial charge in [0.15, 0.2) is 0 Å². The van der Waals surface area contributed by atoms with E-state index in [-0.39, 0.29) is 5.91 Å². The van der Waals surface area contributed by atoms with Gasteiger partial charge in [-0.15, -0.1) is 0 Å². The number of nitrogens with one attached hydrogen (secondary N) is 1. The summed E-state index contributed by atoms with van der Waals surface area (Å²) in [5.74, 6) is 0.134. The average molecular weight is 331 g/mol. The van der Waals surface area contributed by atoms with Crippen LogP contribution in [0.3, 0.4) is 0 Å². The van der Waals surface area contributed by atoms with Crippen molar-refractivity contribution in [3.05, 3.63) is 58.2 Å². The molecule has 0 unspecified atom stereocenters. The van der Waals surface area contributed by atoms with Crippen molar-refractivity contribution in [3.8, 4) is 0 Å². The highest BCUT2D eigenvalue weighted by atomic mass is 79.9. The Labute approximate surface area is 123 Å². The van der Waals surface area contributed by atoms with Gasteiger partial charge in [0, 0.05) is 16.1 Å². The van der Waals surface area contributed by atoms with E-state index in [2.05, 4.69) is 26.4 Å². The summed E-state index contributed by atoms with van der Waals surface area (Å²) in [4.78, 5) is 12.1. The number of carbonyl (C=O) groups is 1. The van der Waals surface area contributed by atoms with E-state index in [4.69, 9.17) is 4.52 Å². The summed E-state index contributed by atoms with van der Waals surface area (Å²) in [6, 6.07) is 13.2. The molecule has 0 spiro atoms. The van der Waals surface area contributed by atoms with E-state index in [0.29, 0.717) is 11.4 Å². The van der Waals surface area contributed by atoms with E-state index in [0.717, 1.165) is 20.9 Å². The number of carbonyl (C=O) groups excluding carboxylic acids is 1. The molecule has 5 heteroatoms. The van der Waals surface area contributed by atoms with E-state index in [1.165, 1.54) is 0 Å². The minimum Gasteiger partial charge on any atom is -0.338 e. The lowest BCUT2D eigenvalue weighted by Crippen LogP contribution is -2.11. The number of halogens is 1. The number of hydrogen-bond acceptors (Lipinski definition) is 3. The lowest BCUT2D eigenvalue weighted by atomic mass is 10.1. The van der Waals surface area contributed by atoms with Gasteiger partial charge >= 0.3 is 0 Å². The number of benzene rings is 2. The topological polar surface area (TPSA) is 55.1 Å². The fourth-order valence-electron chi connectivity index (χ4n) is 1.96. The second-order valence-corrected chi connectivity index (χ2v) is 5.41. The molecule has 1 N–H and O–H groups in total. The Bertz CT molecular complexity index is 795. The van der Waals surface area contributed by atoms with Crippen molar-refractivity contribution < 1.29 is 9.32 Å². The molecule has 0 atom stereocenters. The van der Waals surface area contributed by atoms with Crippen LogP contribution in [0.5, 0.6) is 0 Å². The minimum absolute atomic E-state index is 0.217. The number of hydrogen-bond donors (Lipinski definition) is 1. The highest BCUT2D eigenvalue weighted by Crippen LogP contribution is 2.21. The van der Waals surface area contributed by atoms with Crippen LogP contribution in [-0.2, 0) is 0 Å². The molecule has 3 aromatic rings. The van der Waals surface area contributed by atoms with Crippen LogP contribution in [0.25, 0.3) is 10.8 Å². The smallest absolute Gasteiger partial charge is 0.258 e. The van der Waals surface area contributed by atoms with Gasteiger partial charge in [-0.25, -0.2) is 0 Å². The molecule has 0 bridgehead atoms. The van der Waals surface area contributed by atoms with Crippen molar-refractivity contribution in [2.75, 3.05) is 5.32 Å². The Morgan fingerprint density at radius 1 is 1.15 bits per heavy atom. The second kappa shape index (κ2) is 5.09. The number of aryl methyl sites for hydroxylation is 1. The van der Waals surface area contributed by atoms with Gasteiger partial charge in [0.2, 0.25) is 5.88 Å². The zero-order valence-electron chi connectivity index (χ0n) is 10.7. The number of anilines is 1. The summed E-state index contributed by atoms with van der Waals surface area (Å²) in [5, 5.41) is 8.49. The fraction of sp³-hybridized carbons (Fsp3) is 0.0667. The van der Waals surface area contributed by atoms with Crippen LogP contribution >= 0.6 is 15.9 Å². The summed E-state index contributed by atoms with van der Waals surface area (Å²) >= 11 is 3.43. The Balaban J connectivity index is 1.89. The van der Waals surface area contributed by atoms with Crippen molar-refractivity contribution in [1.82, 2.24) is 5.16 Å². The molecule has 0 aliphatic carbocycles. The Morgan fingerprint density at radius 3 is 2.65 bits per heavy atom. The minimum atomic E-state index is -0.217. The third kappa shape index (κ3) is 2.58. The van der Waals surface area contributed by atoms with Gasteiger partial charge in [0.25, 0.3) is 5.91 Å². The van der Waals surface area contributed by atoms with Crippen LogP contribution in [0, 0.1) is 6.92 Å². The van der Waals surface area contributed by atoms with Crippen LogP contribution in [0.1, 0.15) is 16.1 Å². The fourth-order valence-corrected chi connectivity index (χ4v) is 2.34. The molecule has 0 radical (unpaired) electrons. The first-order valence-corrected chi connectivity index (χ1v) is 6.85. The first-order chi connectivity index (χ1) is 9.61. The molecule has 0 aliphatic heterocycles. The molecule has 4 nitrogen and oxygen atoms in total. The SMILES string of the molecule is Cc1cc(NC(=O)c2ccc3cc(Br)ccc3c2)on1. The van der Waals surface area contributed by atoms with Gasteiger partial charge < -0.3 is 4.52 Å². The maximum atomic E-state index is 12.1. The first-order valence-electron chi connectivity index (χ1n) is 6.06. The molecule has 0 fully saturated rings. The summed E-state index contributed by atoms with van der Waals surface area (Å²) < 4.78 is 5.98. The molecule has 20 heavy (non-hydrogen) atoms. The molecule has 0 saturated carbocycles. The molecular formula is C15H11BrN2O2. The quantitative estimate of drug-likeness (QED) is 0.767. The third-order valence-electron chi connectivity index (χ3n) is 2.93. The number of fused-ring (bicyclic) bond motifs is 1. The van der Waals surface area contributed by atoms with Crippen molar-refractivity contribution in [2.24, 2.45) is 0 Å². The molecule has 1 amide bonds. The van der Waals surface area contributed by atoms with Crippen LogP contribution in [0.15, 0.2) is 51.5 Å². The average Bonchev–Trinajstić information content (AvgIpc) is 2.83. The van der Waals surface area contributed by atoms with Crippen LogP contribution in [-0.4, -0.2) is 11.1 Å². The largest absolute Gasteiger partial charge is 0.338 e. The molecule has 0 aliphatic rings. The molecule has 1 heterocycles. The van der Waals surface area contributed by atoms with Gasteiger partial charge in [0.05, 0.1) is 5.69 Å². The van der Waals surface area contributed by atoms with E-state index in [1.54, 1.807) is 19.1 Å². The van der Waals surface area contributed by atoms with E-state index in [1.807, 2.05) is 30.3 Å². The summed E-state index contributed by atoms with van der Waals surface area (Å²) in [6.07, 6.45) is 0. The predicted octanol–water partition coefficient (Wildman–Crippen LogP) is 4.15. The lowest BCUT2D eigenvalue weighted by Gasteiger charge is -2.04. The van der Waals surface area contributed by atoms with Crippen LogP contribution < -0.4 is 5.32 Å². The molecule has 0 saturated heterocycles. The lowest BCUT2D eigenvalue weighted by molar-refractivity contribution is 0.102. The third-order valence-corrected chi connectivity index (χ3v) is 3.42. The standard InChI is InChI=1S/C15H11BrN2O2/c1-9-6-14(20-18-9)17-15(19)12-3-2-11-8-13(16)5-4-10(11)7-12/h2-8H,1H3,(H,17,19). The van der Waals surface area contributed by atoms with Gasteiger partial charge in [-0.2, -0.15) is 0 Å². The van der Waals surface area contributed by atoms with Gasteiger partial charge in [0.1, 0.15) is 0 Å². The Morgan fingerprint density at radius 2 is 1.90 bits per heavy atom. The number of amides is 1. The summed E-state index contributed by atoms with van der Waals surface area (Å²) in [7, 11) is 0. The molecule has 2 aromatic carbocycles. The van der Waals surface area contributed by atoms with Crippen LogP contribution in [0.2, 0.25) is 0 Å². The van der Waals surface area contributed by atoms with Crippen molar-refractivity contribution in [1.29, 1.82) is 0 Å². The van der Waals surface area contributed by atoms with Crippen molar-refractivity contribution >= 4 is 38.5 Å². The zero-order chi connectivity index (χ0) is 14.1. The summed E-state index contributed by atoms with van der Waals surface area (Å²) in [6.45, 7) is 1.80. The summed E-state index contributed by atoms with van der Waals surface area (Å²) in [5.41, 5.74) is 1.30. The molecule has 1 aromatic heterocycles. The predicted molar refractivity (Wildman–Crippen MR) is 80.8 cm³/mol. The maximum Gasteiger partial charge on any atom is 0.258 e. The monoisotopic (exact) mass is 330 g/mol. The van der Waals surface area contributed by atoms with E-state index < -0.39 is 0 Å². The second-order valence-electron chi connectivity index (χ2n) is 4.49. The van der Waals surface area contributed by atoms with E-state index in [9.17, 15) is 4.79 Å². The van der Waals surface area contributed by atoms with Crippen molar-refractivity contribution in [2.45, 2.75) is 6.92 Å². The number of nitrogens with zero attached hydrogens (tertiary/aromatic N) is 1. The Hall–Kier alpha value is -2.14. The van der Waals surface area contributed by atoms with E-state index >= 15 is 0 Å². The van der Waals surface area contributed by atoms with Gasteiger partial charge in [-0.05, 0) is 42.0 Å². The zero-order valence-corrected chi connectivity index (χ0v) is 12.3. The molecule has 3 rings (SSSR count). The van der Waals surface area contributed by atoms with Crippen molar-refractivity contribution in [3.63, 3.8) is 0 Å². The highest BCUT2D eigenvalue weighted by molar-refractivity contribution is 9.10. The number of rotatable bonds is 2. The van der Waals surface area contributed by atoms with Gasteiger partial charge in [-0.3, -0.25) is 10.1 Å². The van der Waals surface area contributed by atoms with Gasteiger partial charge in [-0.1, -0.05) is 33.2 Å². The van der Waals surface area contributed by atoms with Crippen LogP contribution in [0.4, 0.5) is 5.88 Å². The Kier molecular flexibility index (Phi) is 3.28. The first kappa shape index (κ1) is 12.9. The molecular weight excluding hydrogens is 320 g/mol. The normalized spacial score (nSPS) is 10.7. The highest BCUT2D eigenvalue weighted by Gasteiger charge is 2.09. The molecule has 100 valence electrons.